The molecule has 0 aromatic carbocycles. The molecule has 0 saturated carbocycles. The quantitative estimate of drug-likeness (QED) is 0.429. The van der Waals surface area contributed by atoms with Crippen molar-refractivity contribution in [3.8, 4) is 0 Å². The van der Waals surface area contributed by atoms with Crippen molar-refractivity contribution in [1.29, 1.82) is 0 Å². The van der Waals surface area contributed by atoms with E-state index in [2.05, 4.69) is 32.6 Å². The van der Waals surface area contributed by atoms with Crippen LogP contribution in [-0.4, -0.2) is 18.3 Å². The normalized spacial score (nSPS) is 11.1. The fraction of sp³-hybridized carbons (Fsp3) is 0.583. The summed E-state index contributed by atoms with van der Waals surface area (Å²) in [5.41, 5.74) is 2.59. The van der Waals surface area contributed by atoms with Gasteiger partial charge in [-0.25, -0.2) is 0 Å². The van der Waals surface area contributed by atoms with Crippen LogP contribution in [0.2, 0.25) is 0 Å². The summed E-state index contributed by atoms with van der Waals surface area (Å²) in [5.74, 6) is -0.128. The van der Waals surface area contributed by atoms with Crippen molar-refractivity contribution < 1.29 is 9.53 Å². The van der Waals surface area contributed by atoms with Crippen LogP contribution in [0.3, 0.4) is 0 Å². The summed E-state index contributed by atoms with van der Waals surface area (Å²) in [7, 11) is 0. The standard InChI is InChI=1S/C12H20O2S/c1-10(2)5-4-6-11(3)7-8-14-12(13)9-15/h5,7,15H,4,6,8-9H2,1-3H3/b11-7+. The summed E-state index contributed by atoms with van der Waals surface area (Å²) < 4.78 is 4.88. The van der Waals surface area contributed by atoms with Crippen molar-refractivity contribution >= 4 is 18.6 Å². The molecule has 0 amide bonds. The Morgan fingerprint density at radius 3 is 2.47 bits per heavy atom. The average Bonchev–Trinajstić information content (AvgIpc) is 2.17. The maximum Gasteiger partial charge on any atom is 0.315 e. The van der Waals surface area contributed by atoms with Crippen LogP contribution < -0.4 is 0 Å². The minimum atomic E-state index is -0.272. The van der Waals surface area contributed by atoms with E-state index in [1.54, 1.807) is 0 Å². The molecule has 15 heavy (non-hydrogen) atoms. The summed E-state index contributed by atoms with van der Waals surface area (Å²) in [6, 6.07) is 0. The molecule has 0 atom stereocenters. The van der Waals surface area contributed by atoms with E-state index >= 15 is 0 Å². The van der Waals surface area contributed by atoms with Crippen molar-refractivity contribution in [2.45, 2.75) is 33.6 Å². The molecule has 0 aromatic rings. The first kappa shape index (κ1) is 14.3. The second-order valence-electron chi connectivity index (χ2n) is 3.71. The monoisotopic (exact) mass is 228 g/mol. The molecule has 0 bridgehead atoms. The van der Waals surface area contributed by atoms with E-state index in [1.165, 1.54) is 11.1 Å². The van der Waals surface area contributed by atoms with Gasteiger partial charge in [0.05, 0.1) is 5.75 Å². The Hall–Kier alpha value is -0.700. The fourth-order valence-electron chi connectivity index (χ4n) is 1.01. The molecule has 0 N–H and O–H groups in total. The number of thiol groups is 1. The van der Waals surface area contributed by atoms with Crippen LogP contribution in [-0.2, 0) is 9.53 Å². The van der Waals surface area contributed by atoms with Crippen LogP contribution in [0.25, 0.3) is 0 Å². The molecule has 0 aliphatic heterocycles. The molecule has 3 heteroatoms. The zero-order valence-corrected chi connectivity index (χ0v) is 10.6. The van der Waals surface area contributed by atoms with Gasteiger partial charge in [-0.3, -0.25) is 4.79 Å². The highest BCUT2D eigenvalue weighted by Gasteiger charge is 1.96. The maximum atomic E-state index is 10.8. The lowest BCUT2D eigenvalue weighted by Gasteiger charge is -2.01. The Morgan fingerprint density at radius 2 is 1.93 bits per heavy atom. The smallest absolute Gasteiger partial charge is 0.315 e. The summed E-state index contributed by atoms with van der Waals surface area (Å²) >= 11 is 3.82. The van der Waals surface area contributed by atoms with Gasteiger partial charge in [0.25, 0.3) is 0 Å². The number of ether oxygens (including phenoxy) is 1. The summed E-state index contributed by atoms with van der Waals surface area (Å²) in [4.78, 5) is 10.8. The minimum absolute atomic E-state index is 0.144. The molecule has 86 valence electrons. The van der Waals surface area contributed by atoms with Crippen molar-refractivity contribution in [3.63, 3.8) is 0 Å². The Kier molecular flexibility index (Phi) is 8.19. The van der Waals surface area contributed by atoms with Crippen LogP contribution >= 0.6 is 12.6 Å². The van der Waals surface area contributed by atoms with Crippen LogP contribution in [0.15, 0.2) is 23.3 Å². The van der Waals surface area contributed by atoms with E-state index in [1.807, 2.05) is 13.0 Å². The zero-order chi connectivity index (χ0) is 11.7. The molecule has 0 spiro atoms. The minimum Gasteiger partial charge on any atom is -0.461 e. The first-order valence-electron chi connectivity index (χ1n) is 5.11. The Bertz CT molecular complexity index is 250. The van der Waals surface area contributed by atoms with E-state index in [9.17, 15) is 4.79 Å². The maximum absolute atomic E-state index is 10.8. The van der Waals surface area contributed by atoms with Gasteiger partial charge in [0, 0.05) is 0 Å². The second-order valence-corrected chi connectivity index (χ2v) is 4.03. The van der Waals surface area contributed by atoms with E-state index in [-0.39, 0.29) is 11.7 Å². The number of esters is 1. The van der Waals surface area contributed by atoms with E-state index < -0.39 is 0 Å². The van der Waals surface area contributed by atoms with Gasteiger partial charge in [-0.05, 0) is 39.7 Å². The topological polar surface area (TPSA) is 26.3 Å². The van der Waals surface area contributed by atoms with Gasteiger partial charge in [-0.1, -0.05) is 17.2 Å². The molecule has 0 unspecified atom stereocenters. The number of hydrogen-bond donors (Lipinski definition) is 1. The first-order chi connectivity index (χ1) is 7.06. The lowest BCUT2D eigenvalue weighted by molar-refractivity contribution is -0.139. The average molecular weight is 228 g/mol. The van der Waals surface area contributed by atoms with Crippen molar-refractivity contribution in [1.82, 2.24) is 0 Å². The third kappa shape index (κ3) is 9.60. The Labute approximate surface area is 97.8 Å². The number of carbonyl (C=O) groups is 1. The fourth-order valence-corrected chi connectivity index (χ4v) is 1.10. The van der Waals surface area contributed by atoms with Gasteiger partial charge in [0.15, 0.2) is 0 Å². The van der Waals surface area contributed by atoms with Crippen molar-refractivity contribution in [2.24, 2.45) is 0 Å². The van der Waals surface area contributed by atoms with E-state index in [0.717, 1.165) is 12.8 Å². The first-order valence-corrected chi connectivity index (χ1v) is 5.75. The van der Waals surface area contributed by atoms with Crippen molar-refractivity contribution in [3.05, 3.63) is 23.3 Å². The van der Waals surface area contributed by atoms with Crippen LogP contribution in [0, 0.1) is 0 Å². The van der Waals surface area contributed by atoms with Gasteiger partial charge in [0.2, 0.25) is 0 Å². The Morgan fingerprint density at radius 1 is 1.27 bits per heavy atom. The summed E-state index contributed by atoms with van der Waals surface area (Å²) in [6.45, 7) is 6.59. The summed E-state index contributed by atoms with van der Waals surface area (Å²) in [5, 5.41) is 0. The number of carbonyl (C=O) groups excluding carboxylic acids is 1. The Balaban J connectivity index is 3.70. The van der Waals surface area contributed by atoms with Gasteiger partial charge < -0.3 is 4.74 Å². The highest BCUT2D eigenvalue weighted by molar-refractivity contribution is 7.81. The lowest BCUT2D eigenvalue weighted by Crippen LogP contribution is -2.05. The third-order valence-electron chi connectivity index (χ3n) is 1.90. The molecule has 0 aliphatic rings. The molecule has 0 rings (SSSR count). The molecule has 0 radical (unpaired) electrons. The van der Waals surface area contributed by atoms with Gasteiger partial charge in [-0.2, -0.15) is 12.6 Å². The molecular formula is C12H20O2S. The molecule has 0 saturated heterocycles. The third-order valence-corrected chi connectivity index (χ3v) is 2.15. The molecule has 0 aromatic heterocycles. The highest BCUT2D eigenvalue weighted by Crippen LogP contribution is 2.06. The van der Waals surface area contributed by atoms with Crippen LogP contribution in [0.5, 0.6) is 0 Å². The van der Waals surface area contributed by atoms with E-state index in [0.29, 0.717) is 6.61 Å². The number of allylic oxidation sites excluding steroid dienone is 3. The SMILES string of the molecule is CC(C)=CCC/C(C)=C/COC(=O)CS. The largest absolute Gasteiger partial charge is 0.461 e. The lowest BCUT2D eigenvalue weighted by atomic mass is 10.1. The van der Waals surface area contributed by atoms with Crippen molar-refractivity contribution in [2.75, 3.05) is 12.4 Å². The molecular weight excluding hydrogens is 208 g/mol. The molecule has 0 aliphatic carbocycles. The predicted molar refractivity (Wildman–Crippen MR) is 67.2 cm³/mol. The second kappa shape index (κ2) is 8.60. The molecule has 2 nitrogen and oxygen atoms in total. The van der Waals surface area contributed by atoms with Gasteiger partial charge in [0.1, 0.15) is 6.61 Å². The van der Waals surface area contributed by atoms with Crippen LogP contribution in [0.1, 0.15) is 33.6 Å². The van der Waals surface area contributed by atoms with Gasteiger partial charge >= 0.3 is 5.97 Å². The van der Waals surface area contributed by atoms with Gasteiger partial charge in [-0.15, -0.1) is 0 Å². The highest BCUT2D eigenvalue weighted by atomic mass is 32.1. The van der Waals surface area contributed by atoms with E-state index in [4.69, 9.17) is 4.74 Å². The number of hydrogen-bond acceptors (Lipinski definition) is 3. The zero-order valence-electron chi connectivity index (χ0n) is 9.75. The molecule has 0 fully saturated rings. The number of rotatable bonds is 6. The molecule has 0 heterocycles. The summed E-state index contributed by atoms with van der Waals surface area (Å²) in [6.07, 6.45) is 6.21. The van der Waals surface area contributed by atoms with Crippen LogP contribution in [0.4, 0.5) is 0 Å². The predicted octanol–water partition coefficient (Wildman–Crippen LogP) is 3.15.